The number of carbonyl (C=O) groups excluding carboxylic acids is 2. The van der Waals surface area contributed by atoms with Crippen LogP contribution in [0.15, 0.2) is 63.4 Å². The van der Waals surface area contributed by atoms with Crippen molar-refractivity contribution in [2.24, 2.45) is 0 Å². The molecule has 1 amide bonds. The molecule has 0 fully saturated rings. The van der Waals surface area contributed by atoms with Gasteiger partial charge in [-0.15, -0.1) is 10.2 Å². The maximum atomic E-state index is 12.2. The molecule has 1 aromatic heterocycles. The number of para-hydroxylation sites is 1. The van der Waals surface area contributed by atoms with Crippen LogP contribution in [0.25, 0.3) is 0 Å². The van der Waals surface area contributed by atoms with E-state index in [4.69, 9.17) is 4.74 Å². The Labute approximate surface area is 172 Å². The number of hydrogen-bond acceptors (Lipinski definition) is 7. The molecule has 0 saturated heterocycles. The number of carbonyl (C=O) groups is 2. The van der Waals surface area contributed by atoms with Crippen molar-refractivity contribution in [2.45, 2.75) is 4.34 Å². The maximum absolute atomic E-state index is 12.2. The second-order valence-electron chi connectivity index (χ2n) is 5.24. The van der Waals surface area contributed by atoms with Crippen molar-refractivity contribution in [1.82, 2.24) is 10.2 Å². The van der Waals surface area contributed by atoms with Gasteiger partial charge in [-0.2, -0.15) is 0 Å². The van der Waals surface area contributed by atoms with Crippen LogP contribution in [0, 0.1) is 0 Å². The van der Waals surface area contributed by atoms with Crippen LogP contribution in [0.5, 0.6) is 5.75 Å². The second kappa shape index (κ2) is 9.63. The van der Waals surface area contributed by atoms with Gasteiger partial charge in [0.2, 0.25) is 5.13 Å². The summed E-state index contributed by atoms with van der Waals surface area (Å²) in [5.41, 5.74) is 0.641. The van der Waals surface area contributed by atoms with Gasteiger partial charge in [0.1, 0.15) is 5.75 Å². The number of Topliss-reactive ketones (excluding diaryl/α,β-unsaturated/α-hetero) is 1. The van der Waals surface area contributed by atoms with E-state index < -0.39 is 0 Å². The van der Waals surface area contributed by atoms with Crippen LogP contribution in [-0.2, 0) is 4.79 Å². The van der Waals surface area contributed by atoms with Crippen LogP contribution in [0.4, 0.5) is 5.13 Å². The molecule has 1 N–H and O–H groups in total. The van der Waals surface area contributed by atoms with Crippen LogP contribution in [0.3, 0.4) is 0 Å². The van der Waals surface area contributed by atoms with Gasteiger partial charge in [0.25, 0.3) is 5.91 Å². The zero-order valence-electron chi connectivity index (χ0n) is 13.9. The molecule has 6 nitrogen and oxygen atoms in total. The number of nitrogens with zero attached hydrogens (tertiary/aromatic N) is 2. The summed E-state index contributed by atoms with van der Waals surface area (Å²) in [6.45, 7) is -0.117. The minimum absolute atomic E-state index is 0.00421. The molecule has 0 bridgehead atoms. The normalized spacial score (nSPS) is 10.4. The highest BCUT2D eigenvalue weighted by molar-refractivity contribution is 9.10. The molecule has 138 valence electrons. The summed E-state index contributed by atoms with van der Waals surface area (Å²) in [6.07, 6.45) is 0. The number of benzene rings is 2. The number of rotatable bonds is 8. The Morgan fingerprint density at radius 1 is 1.07 bits per heavy atom. The molecule has 3 rings (SSSR count). The maximum Gasteiger partial charge on any atom is 0.264 e. The lowest BCUT2D eigenvalue weighted by molar-refractivity contribution is -0.118. The van der Waals surface area contributed by atoms with Gasteiger partial charge >= 0.3 is 0 Å². The Bertz CT molecular complexity index is 917. The van der Waals surface area contributed by atoms with E-state index in [1.54, 1.807) is 24.3 Å². The van der Waals surface area contributed by atoms with Crippen LogP contribution < -0.4 is 10.1 Å². The number of anilines is 1. The van der Waals surface area contributed by atoms with Crippen molar-refractivity contribution in [1.29, 1.82) is 0 Å². The topological polar surface area (TPSA) is 81.2 Å². The smallest absolute Gasteiger partial charge is 0.264 e. The fourth-order valence-electron chi connectivity index (χ4n) is 1.99. The largest absolute Gasteiger partial charge is 0.484 e. The van der Waals surface area contributed by atoms with E-state index in [2.05, 4.69) is 31.4 Å². The van der Waals surface area contributed by atoms with Crippen LogP contribution in [-0.4, -0.2) is 34.2 Å². The quantitative estimate of drug-likeness (QED) is 0.304. The summed E-state index contributed by atoms with van der Waals surface area (Å²) in [4.78, 5) is 24.1. The monoisotopic (exact) mass is 463 g/mol. The number of amides is 1. The average Bonchev–Trinajstić information content (AvgIpc) is 3.13. The minimum Gasteiger partial charge on any atom is -0.484 e. The summed E-state index contributed by atoms with van der Waals surface area (Å²) in [6, 6.07) is 16.3. The molecular weight excluding hydrogens is 450 g/mol. The third-order valence-corrected chi connectivity index (χ3v) is 5.76. The molecule has 0 aliphatic carbocycles. The van der Waals surface area contributed by atoms with Gasteiger partial charge in [-0.1, -0.05) is 69.4 Å². The van der Waals surface area contributed by atoms with E-state index in [9.17, 15) is 9.59 Å². The number of ketones is 1. The Morgan fingerprint density at radius 2 is 1.81 bits per heavy atom. The van der Waals surface area contributed by atoms with E-state index in [-0.39, 0.29) is 24.1 Å². The predicted octanol–water partition coefficient (Wildman–Crippen LogP) is 4.29. The first-order valence-electron chi connectivity index (χ1n) is 7.83. The number of thioether (sulfide) groups is 1. The highest BCUT2D eigenvalue weighted by Crippen LogP contribution is 2.26. The van der Waals surface area contributed by atoms with Crippen LogP contribution in [0.2, 0.25) is 0 Å². The van der Waals surface area contributed by atoms with E-state index in [1.165, 1.54) is 23.1 Å². The van der Waals surface area contributed by atoms with Gasteiger partial charge in [-0.05, 0) is 24.3 Å². The van der Waals surface area contributed by atoms with E-state index >= 15 is 0 Å². The van der Waals surface area contributed by atoms with Crippen molar-refractivity contribution < 1.29 is 14.3 Å². The van der Waals surface area contributed by atoms with Gasteiger partial charge in [-0.25, -0.2) is 0 Å². The van der Waals surface area contributed by atoms with Gasteiger partial charge in [-0.3, -0.25) is 14.9 Å². The Hall–Kier alpha value is -2.23. The van der Waals surface area contributed by atoms with E-state index in [0.29, 0.717) is 20.8 Å². The highest BCUT2D eigenvalue weighted by Gasteiger charge is 2.12. The van der Waals surface area contributed by atoms with Crippen LogP contribution in [0.1, 0.15) is 10.4 Å². The molecular formula is C18H14BrN3O3S2. The van der Waals surface area contributed by atoms with Crippen molar-refractivity contribution >= 4 is 55.9 Å². The minimum atomic E-state index is -0.322. The number of aromatic nitrogens is 2. The summed E-state index contributed by atoms with van der Waals surface area (Å²) in [7, 11) is 0. The molecule has 0 unspecified atom stereocenters. The summed E-state index contributed by atoms with van der Waals surface area (Å²) in [5.74, 6) is 0.552. The Balaban J connectivity index is 1.45. The molecule has 2 aromatic carbocycles. The van der Waals surface area contributed by atoms with Crippen LogP contribution >= 0.6 is 39.0 Å². The molecule has 0 atom stereocenters. The fourth-order valence-corrected chi connectivity index (χ4v) is 3.91. The lowest BCUT2D eigenvalue weighted by atomic mass is 10.2. The van der Waals surface area contributed by atoms with Gasteiger partial charge in [0.05, 0.1) is 5.75 Å². The first kappa shape index (κ1) is 19.5. The number of ether oxygens (including phenoxy) is 1. The average molecular weight is 464 g/mol. The van der Waals surface area contributed by atoms with Gasteiger partial charge < -0.3 is 4.74 Å². The number of halogens is 1. The number of nitrogens with one attached hydrogen (secondary N) is 1. The Kier molecular flexibility index (Phi) is 6.97. The summed E-state index contributed by atoms with van der Waals surface area (Å²) >= 11 is 5.84. The summed E-state index contributed by atoms with van der Waals surface area (Å²) in [5, 5.41) is 10.9. The molecule has 27 heavy (non-hydrogen) atoms. The zero-order chi connectivity index (χ0) is 19.1. The van der Waals surface area contributed by atoms with E-state index in [1.807, 2.05) is 30.3 Å². The molecule has 3 aromatic rings. The lowest BCUT2D eigenvalue weighted by Gasteiger charge is -2.04. The Morgan fingerprint density at radius 3 is 2.56 bits per heavy atom. The third-order valence-electron chi connectivity index (χ3n) is 3.26. The van der Waals surface area contributed by atoms with Gasteiger partial charge in [0.15, 0.2) is 16.7 Å². The van der Waals surface area contributed by atoms with E-state index in [0.717, 1.165) is 4.47 Å². The molecule has 9 heteroatoms. The first-order valence-corrected chi connectivity index (χ1v) is 10.4. The molecule has 0 aliphatic heterocycles. The molecule has 0 spiro atoms. The van der Waals surface area contributed by atoms with Crippen molar-refractivity contribution in [3.8, 4) is 5.75 Å². The first-order chi connectivity index (χ1) is 13.1. The second-order valence-corrected chi connectivity index (χ2v) is 8.36. The SMILES string of the molecule is O=C(COc1ccccc1)Nc1nnc(SCC(=O)c2ccc(Br)cc2)s1. The lowest BCUT2D eigenvalue weighted by Crippen LogP contribution is -2.20. The van der Waals surface area contributed by atoms with Crippen molar-refractivity contribution in [3.05, 3.63) is 64.6 Å². The van der Waals surface area contributed by atoms with Gasteiger partial charge in [0, 0.05) is 10.0 Å². The fraction of sp³-hybridized carbons (Fsp3) is 0.111. The standard InChI is InChI=1S/C18H14BrN3O3S2/c19-13-8-6-12(7-9-13)15(23)11-26-18-22-21-17(27-18)20-16(24)10-25-14-4-2-1-3-5-14/h1-9H,10-11H2,(H,20,21,24). The summed E-state index contributed by atoms with van der Waals surface area (Å²) < 4.78 is 6.91. The van der Waals surface area contributed by atoms with Crippen molar-refractivity contribution in [2.75, 3.05) is 17.7 Å². The zero-order valence-corrected chi connectivity index (χ0v) is 17.1. The molecule has 0 radical (unpaired) electrons. The highest BCUT2D eigenvalue weighted by atomic mass is 79.9. The predicted molar refractivity (Wildman–Crippen MR) is 110 cm³/mol. The van der Waals surface area contributed by atoms with Crippen molar-refractivity contribution in [3.63, 3.8) is 0 Å². The molecule has 0 aliphatic rings. The number of hydrogen-bond donors (Lipinski definition) is 1. The molecule has 0 saturated carbocycles. The third kappa shape index (κ3) is 6.16. The molecule has 1 heterocycles.